The van der Waals surface area contributed by atoms with Crippen molar-refractivity contribution in [1.29, 1.82) is 0 Å². The molecule has 0 amide bonds. The van der Waals surface area contributed by atoms with E-state index in [0.29, 0.717) is 0 Å². The van der Waals surface area contributed by atoms with E-state index in [2.05, 4.69) is 27.7 Å². The average Bonchev–Trinajstić information content (AvgIpc) is 3.00. The van der Waals surface area contributed by atoms with Gasteiger partial charge in [0.05, 0.1) is 23.5 Å². The van der Waals surface area contributed by atoms with E-state index in [0.717, 1.165) is 36.2 Å². The highest BCUT2D eigenvalue weighted by Gasteiger charge is 2.32. The molecule has 0 radical (unpaired) electrons. The van der Waals surface area contributed by atoms with Crippen LogP contribution in [0.2, 0.25) is 0 Å². The first-order valence-corrected chi connectivity index (χ1v) is 7.22. The van der Waals surface area contributed by atoms with Gasteiger partial charge in [0.15, 0.2) is 0 Å². The molecule has 3 rings (SSSR count). The van der Waals surface area contributed by atoms with Crippen molar-refractivity contribution in [2.24, 2.45) is 0 Å². The molecule has 1 saturated heterocycles. The third-order valence-corrected chi connectivity index (χ3v) is 4.14. The fourth-order valence-corrected chi connectivity index (χ4v) is 3.09. The molecule has 2 heterocycles. The Morgan fingerprint density at radius 2 is 1.86 bits per heavy atom. The van der Waals surface area contributed by atoms with Gasteiger partial charge in [-0.15, -0.1) is 0 Å². The zero-order chi connectivity index (χ0) is 15.7. The lowest BCUT2D eigenvalue weighted by Gasteiger charge is -2.34. The molecule has 4 nitrogen and oxygen atoms in total. The highest BCUT2D eigenvalue weighted by Crippen LogP contribution is 2.37. The summed E-state index contributed by atoms with van der Waals surface area (Å²) < 4.78 is 37.9. The lowest BCUT2D eigenvalue weighted by Crippen LogP contribution is -2.38. The standard InChI is InChI=1S/C15H17F3N4/c1-9-6-11(7-13(20-9)14-8-19-22-21-14)10-2-4-12(5-3-10)15(16,17)18/h2-5,8-9,11,13,20H,6-7H2,1H3,(H,19,21,22). The van der Waals surface area contributed by atoms with Crippen molar-refractivity contribution in [1.82, 2.24) is 20.7 Å². The van der Waals surface area contributed by atoms with Crippen molar-refractivity contribution in [3.8, 4) is 0 Å². The fraction of sp³-hybridized carbons (Fsp3) is 0.467. The van der Waals surface area contributed by atoms with Gasteiger partial charge in [0, 0.05) is 6.04 Å². The largest absolute Gasteiger partial charge is 0.416 e. The van der Waals surface area contributed by atoms with Gasteiger partial charge in [0.2, 0.25) is 0 Å². The summed E-state index contributed by atoms with van der Waals surface area (Å²) in [5, 5.41) is 14.0. The summed E-state index contributed by atoms with van der Waals surface area (Å²) in [7, 11) is 0. The predicted octanol–water partition coefficient (Wildman–Crippen LogP) is 3.42. The van der Waals surface area contributed by atoms with Crippen LogP contribution in [0.5, 0.6) is 0 Å². The second-order valence-electron chi connectivity index (χ2n) is 5.80. The molecule has 0 saturated carbocycles. The van der Waals surface area contributed by atoms with Crippen LogP contribution in [-0.2, 0) is 6.18 Å². The number of nitrogens with zero attached hydrogens (tertiary/aromatic N) is 2. The van der Waals surface area contributed by atoms with Crippen LogP contribution >= 0.6 is 0 Å². The Morgan fingerprint density at radius 1 is 1.14 bits per heavy atom. The van der Waals surface area contributed by atoms with Crippen LogP contribution in [0.4, 0.5) is 13.2 Å². The molecule has 2 aromatic rings. The number of halogens is 3. The quantitative estimate of drug-likeness (QED) is 0.893. The van der Waals surface area contributed by atoms with Crippen LogP contribution < -0.4 is 5.32 Å². The Morgan fingerprint density at radius 3 is 2.45 bits per heavy atom. The minimum atomic E-state index is -4.29. The van der Waals surface area contributed by atoms with E-state index in [4.69, 9.17) is 0 Å². The van der Waals surface area contributed by atoms with Gasteiger partial charge in [-0.25, -0.2) is 0 Å². The normalized spacial score (nSPS) is 26.1. The number of hydrogen-bond acceptors (Lipinski definition) is 3. The van der Waals surface area contributed by atoms with Gasteiger partial charge in [-0.05, 0) is 43.4 Å². The summed E-state index contributed by atoms with van der Waals surface area (Å²) >= 11 is 0. The first kappa shape index (κ1) is 15.0. The first-order valence-electron chi connectivity index (χ1n) is 7.22. The maximum Gasteiger partial charge on any atom is 0.416 e. The maximum atomic E-state index is 12.6. The molecule has 1 aliphatic rings. The van der Waals surface area contributed by atoms with Crippen LogP contribution in [0.25, 0.3) is 0 Å². The Kier molecular flexibility index (Phi) is 3.90. The topological polar surface area (TPSA) is 53.6 Å². The Labute approximate surface area is 126 Å². The van der Waals surface area contributed by atoms with E-state index in [1.807, 2.05) is 0 Å². The molecule has 0 bridgehead atoms. The van der Waals surface area contributed by atoms with Gasteiger partial charge in [-0.2, -0.15) is 28.6 Å². The van der Waals surface area contributed by atoms with Crippen molar-refractivity contribution >= 4 is 0 Å². The molecular weight excluding hydrogens is 293 g/mol. The monoisotopic (exact) mass is 310 g/mol. The minimum absolute atomic E-state index is 0.0646. The number of H-pyrrole nitrogens is 1. The van der Waals surface area contributed by atoms with Crippen LogP contribution in [0.15, 0.2) is 30.5 Å². The predicted molar refractivity (Wildman–Crippen MR) is 75.1 cm³/mol. The van der Waals surface area contributed by atoms with Crippen molar-refractivity contribution < 1.29 is 13.2 Å². The van der Waals surface area contributed by atoms with Crippen LogP contribution in [-0.4, -0.2) is 21.5 Å². The second-order valence-corrected chi connectivity index (χ2v) is 5.80. The van der Waals surface area contributed by atoms with Gasteiger partial charge in [-0.1, -0.05) is 12.1 Å². The minimum Gasteiger partial charge on any atom is -0.306 e. The van der Waals surface area contributed by atoms with Crippen molar-refractivity contribution in [3.05, 3.63) is 47.3 Å². The number of benzene rings is 1. The molecule has 1 aromatic heterocycles. The molecule has 1 fully saturated rings. The maximum absolute atomic E-state index is 12.6. The summed E-state index contributed by atoms with van der Waals surface area (Å²) in [6, 6.07) is 5.83. The Hall–Kier alpha value is -1.89. The average molecular weight is 310 g/mol. The van der Waals surface area contributed by atoms with Crippen LogP contribution in [0, 0.1) is 0 Å². The van der Waals surface area contributed by atoms with E-state index in [1.54, 1.807) is 18.3 Å². The number of alkyl halides is 3. The summed E-state index contributed by atoms with van der Waals surface area (Å²) in [4.78, 5) is 0. The van der Waals surface area contributed by atoms with Gasteiger partial charge < -0.3 is 5.32 Å². The molecule has 3 atom stereocenters. The highest BCUT2D eigenvalue weighted by molar-refractivity contribution is 5.28. The van der Waals surface area contributed by atoms with Crippen LogP contribution in [0.3, 0.4) is 0 Å². The molecule has 118 valence electrons. The van der Waals surface area contributed by atoms with E-state index in [-0.39, 0.29) is 18.0 Å². The summed E-state index contributed by atoms with van der Waals surface area (Å²) in [6.45, 7) is 2.07. The van der Waals surface area contributed by atoms with Crippen molar-refractivity contribution in [3.63, 3.8) is 0 Å². The summed E-state index contributed by atoms with van der Waals surface area (Å²) in [6.07, 6.45) is -0.926. The molecule has 1 aliphatic heterocycles. The number of nitrogens with one attached hydrogen (secondary N) is 2. The van der Waals surface area contributed by atoms with E-state index >= 15 is 0 Å². The Bertz CT molecular complexity index is 607. The lowest BCUT2D eigenvalue weighted by atomic mass is 9.82. The number of rotatable bonds is 2. The highest BCUT2D eigenvalue weighted by atomic mass is 19.4. The number of aromatic nitrogens is 3. The number of aromatic amines is 1. The van der Waals surface area contributed by atoms with Crippen molar-refractivity contribution in [2.45, 2.75) is 43.9 Å². The zero-order valence-electron chi connectivity index (χ0n) is 12.1. The molecule has 0 spiro atoms. The van der Waals surface area contributed by atoms with E-state index < -0.39 is 11.7 Å². The van der Waals surface area contributed by atoms with E-state index in [9.17, 15) is 13.2 Å². The summed E-state index contributed by atoms with van der Waals surface area (Å²) in [5.41, 5.74) is 1.17. The first-order chi connectivity index (χ1) is 10.4. The SMILES string of the molecule is CC1CC(c2ccc(C(F)(F)F)cc2)CC(c2cn[nH]n2)N1. The van der Waals surface area contributed by atoms with E-state index in [1.165, 1.54) is 0 Å². The molecule has 0 aliphatic carbocycles. The molecule has 22 heavy (non-hydrogen) atoms. The number of hydrogen-bond donors (Lipinski definition) is 2. The molecular formula is C15H17F3N4. The number of piperidine rings is 1. The zero-order valence-corrected chi connectivity index (χ0v) is 12.1. The summed E-state index contributed by atoms with van der Waals surface area (Å²) in [5.74, 6) is 0.209. The van der Waals surface area contributed by atoms with Gasteiger partial charge in [-0.3, -0.25) is 0 Å². The van der Waals surface area contributed by atoms with Gasteiger partial charge in [0.25, 0.3) is 0 Å². The molecule has 7 heteroatoms. The van der Waals surface area contributed by atoms with Gasteiger partial charge >= 0.3 is 6.18 Å². The molecule has 1 aromatic carbocycles. The van der Waals surface area contributed by atoms with Crippen LogP contribution in [0.1, 0.15) is 48.5 Å². The Balaban J connectivity index is 1.79. The van der Waals surface area contributed by atoms with Crippen molar-refractivity contribution in [2.75, 3.05) is 0 Å². The fourth-order valence-electron chi connectivity index (χ4n) is 3.09. The molecule has 3 unspecified atom stereocenters. The second kappa shape index (κ2) is 5.72. The smallest absolute Gasteiger partial charge is 0.306 e. The third kappa shape index (κ3) is 3.14. The lowest BCUT2D eigenvalue weighted by molar-refractivity contribution is -0.137. The third-order valence-electron chi connectivity index (χ3n) is 4.14. The molecule has 2 N–H and O–H groups in total. The van der Waals surface area contributed by atoms with Gasteiger partial charge in [0.1, 0.15) is 0 Å².